The Bertz CT molecular complexity index is 818. The largest absolute Gasteiger partial charge is 0.398 e. The van der Waals surface area contributed by atoms with Crippen molar-refractivity contribution in [1.29, 1.82) is 0 Å². The average molecular weight is 323 g/mol. The highest BCUT2D eigenvalue weighted by atomic mass is 32.2. The molecule has 0 aliphatic heterocycles. The molecule has 0 aliphatic carbocycles. The van der Waals surface area contributed by atoms with Gasteiger partial charge in [0.2, 0.25) is 5.91 Å². The Kier molecular flexibility index (Phi) is 4.65. The van der Waals surface area contributed by atoms with Gasteiger partial charge in [-0.2, -0.15) is 8.42 Å². The molecule has 8 heteroatoms. The number of anilines is 1. The Hall–Kier alpha value is -2.16. The number of hydrogen-bond donors (Lipinski definition) is 4. The van der Waals surface area contributed by atoms with E-state index in [1.807, 2.05) is 0 Å². The first-order valence-corrected chi connectivity index (χ1v) is 7.97. The molecule has 1 amide bonds. The number of carbonyl (C=O) groups excluding carboxylic acids is 1. The van der Waals surface area contributed by atoms with Crippen LogP contribution in [0.2, 0.25) is 0 Å². The van der Waals surface area contributed by atoms with Gasteiger partial charge in [0.25, 0.3) is 10.1 Å². The minimum atomic E-state index is -4.44. The number of hydrogen-bond acceptors (Lipinski definition) is 5. The molecule has 22 heavy (non-hydrogen) atoms. The highest BCUT2D eigenvalue weighted by molar-refractivity contribution is 7.86. The zero-order valence-corrected chi connectivity index (χ0v) is 12.8. The van der Waals surface area contributed by atoms with Crippen LogP contribution in [-0.2, 0) is 21.5 Å². The van der Waals surface area contributed by atoms with Crippen LogP contribution in [0.25, 0.3) is 10.8 Å². The number of nitrogen functional groups attached to an aromatic ring is 1. The summed E-state index contributed by atoms with van der Waals surface area (Å²) in [6, 6.07) is 8.07. The van der Waals surface area contributed by atoms with E-state index in [0.717, 1.165) is 5.56 Å². The zero-order chi connectivity index (χ0) is 16.3. The van der Waals surface area contributed by atoms with Gasteiger partial charge in [0, 0.05) is 11.9 Å². The van der Waals surface area contributed by atoms with Crippen LogP contribution < -0.4 is 16.4 Å². The molecule has 0 saturated carbocycles. The van der Waals surface area contributed by atoms with E-state index < -0.39 is 10.1 Å². The molecular formula is C14H17N3O4S. The van der Waals surface area contributed by atoms with E-state index in [9.17, 15) is 17.8 Å². The molecule has 5 N–H and O–H groups in total. The van der Waals surface area contributed by atoms with Gasteiger partial charge in [-0.25, -0.2) is 0 Å². The van der Waals surface area contributed by atoms with Crippen molar-refractivity contribution < 1.29 is 17.8 Å². The number of amides is 1. The summed E-state index contributed by atoms with van der Waals surface area (Å²) in [6.45, 7) is 0.431. The molecule has 0 aliphatic rings. The predicted molar refractivity (Wildman–Crippen MR) is 83.9 cm³/mol. The van der Waals surface area contributed by atoms with Crippen LogP contribution >= 0.6 is 0 Å². The monoisotopic (exact) mass is 323 g/mol. The average Bonchev–Trinajstić information content (AvgIpc) is 2.43. The van der Waals surface area contributed by atoms with Crippen molar-refractivity contribution >= 4 is 32.5 Å². The maximum absolute atomic E-state index is 11.5. The fourth-order valence-corrected chi connectivity index (χ4v) is 3.09. The van der Waals surface area contributed by atoms with Crippen molar-refractivity contribution in [1.82, 2.24) is 10.6 Å². The van der Waals surface area contributed by atoms with Crippen LogP contribution in [0.4, 0.5) is 5.69 Å². The van der Waals surface area contributed by atoms with Gasteiger partial charge in [0.1, 0.15) is 4.90 Å². The van der Waals surface area contributed by atoms with Crippen molar-refractivity contribution in [2.24, 2.45) is 0 Å². The Morgan fingerprint density at radius 1 is 1.23 bits per heavy atom. The number of carbonyl (C=O) groups is 1. The molecule has 0 aromatic heterocycles. The molecule has 0 bridgehead atoms. The normalized spacial score (nSPS) is 11.5. The van der Waals surface area contributed by atoms with Gasteiger partial charge in [-0.3, -0.25) is 9.35 Å². The van der Waals surface area contributed by atoms with Crippen LogP contribution in [0.5, 0.6) is 0 Å². The smallest absolute Gasteiger partial charge is 0.297 e. The number of rotatable bonds is 5. The number of fused-ring (bicyclic) bond motifs is 1. The Balaban J connectivity index is 2.49. The summed E-state index contributed by atoms with van der Waals surface area (Å²) in [5, 5.41) is 6.38. The summed E-state index contributed by atoms with van der Waals surface area (Å²) in [5.41, 5.74) is 6.37. The lowest BCUT2D eigenvalue weighted by atomic mass is 10.0. The first kappa shape index (κ1) is 16.2. The Morgan fingerprint density at radius 2 is 1.95 bits per heavy atom. The van der Waals surface area contributed by atoms with E-state index in [1.54, 1.807) is 31.3 Å². The van der Waals surface area contributed by atoms with Gasteiger partial charge in [0.15, 0.2) is 0 Å². The first-order chi connectivity index (χ1) is 10.3. The predicted octanol–water partition coefficient (Wildman–Crippen LogP) is 0.504. The molecule has 0 unspecified atom stereocenters. The van der Waals surface area contributed by atoms with Crippen molar-refractivity contribution in [3.05, 3.63) is 35.9 Å². The maximum Gasteiger partial charge on any atom is 0.297 e. The third-order valence-electron chi connectivity index (χ3n) is 3.20. The summed E-state index contributed by atoms with van der Waals surface area (Å²) in [7, 11) is -2.77. The van der Waals surface area contributed by atoms with E-state index in [2.05, 4.69) is 10.6 Å². The second kappa shape index (κ2) is 6.30. The van der Waals surface area contributed by atoms with E-state index >= 15 is 0 Å². The van der Waals surface area contributed by atoms with Gasteiger partial charge < -0.3 is 16.4 Å². The number of nitrogens with two attached hydrogens (primary N) is 1. The summed E-state index contributed by atoms with van der Waals surface area (Å²) in [4.78, 5) is 11.2. The molecule has 7 nitrogen and oxygen atoms in total. The van der Waals surface area contributed by atoms with Gasteiger partial charge in [-0.15, -0.1) is 0 Å². The van der Waals surface area contributed by atoms with Crippen LogP contribution in [0.1, 0.15) is 5.56 Å². The summed E-state index contributed by atoms with van der Waals surface area (Å²) >= 11 is 0. The van der Waals surface area contributed by atoms with E-state index in [0.29, 0.717) is 10.8 Å². The van der Waals surface area contributed by atoms with E-state index in [-0.39, 0.29) is 29.6 Å². The van der Waals surface area contributed by atoms with Crippen molar-refractivity contribution in [2.45, 2.75) is 11.4 Å². The second-order valence-electron chi connectivity index (χ2n) is 4.78. The number of likely N-dealkylation sites (N-methyl/N-ethyl adjacent to an activating group) is 1. The number of benzene rings is 2. The fourth-order valence-electron chi connectivity index (χ4n) is 2.27. The van der Waals surface area contributed by atoms with Crippen LogP contribution in [0.15, 0.2) is 35.2 Å². The van der Waals surface area contributed by atoms with Gasteiger partial charge in [-0.1, -0.05) is 24.3 Å². The summed E-state index contributed by atoms with van der Waals surface area (Å²) in [6.07, 6.45) is 0. The fraction of sp³-hybridized carbons (Fsp3) is 0.214. The Morgan fingerprint density at radius 3 is 2.59 bits per heavy atom. The topological polar surface area (TPSA) is 122 Å². The lowest BCUT2D eigenvalue weighted by Gasteiger charge is -2.12. The van der Waals surface area contributed by atoms with Crippen molar-refractivity contribution in [2.75, 3.05) is 19.3 Å². The summed E-state index contributed by atoms with van der Waals surface area (Å²) in [5.74, 6) is -0.176. The molecule has 0 radical (unpaired) electrons. The zero-order valence-electron chi connectivity index (χ0n) is 12.0. The Labute approximate surface area is 128 Å². The maximum atomic E-state index is 11.5. The van der Waals surface area contributed by atoms with Gasteiger partial charge in [-0.05, 0) is 24.1 Å². The first-order valence-electron chi connectivity index (χ1n) is 6.53. The lowest BCUT2D eigenvalue weighted by molar-refractivity contribution is -0.120. The molecule has 118 valence electrons. The quantitative estimate of drug-likeness (QED) is 0.470. The van der Waals surface area contributed by atoms with Crippen LogP contribution in [0.3, 0.4) is 0 Å². The third kappa shape index (κ3) is 3.35. The highest BCUT2D eigenvalue weighted by Gasteiger charge is 2.19. The SMILES string of the molecule is CNCC(=O)NCc1cccc2c(S(=O)(=O)O)c(N)ccc12. The molecule has 2 aromatic rings. The van der Waals surface area contributed by atoms with E-state index in [1.165, 1.54) is 6.07 Å². The molecule has 0 saturated heterocycles. The molecule has 0 spiro atoms. The minimum Gasteiger partial charge on any atom is -0.398 e. The molecule has 0 fully saturated rings. The van der Waals surface area contributed by atoms with E-state index in [4.69, 9.17) is 5.73 Å². The van der Waals surface area contributed by atoms with Crippen molar-refractivity contribution in [3.8, 4) is 0 Å². The lowest BCUT2D eigenvalue weighted by Crippen LogP contribution is -2.31. The standard InChI is InChI=1S/C14H17N3O4S/c1-16-8-13(18)17-7-9-3-2-4-11-10(9)5-6-12(15)14(11)22(19,20)21/h2-6,16H,7-8,15H2,1H3,(H,17,18)(H,19,20,21). The molecule has 0 atom stereocenters. The van der Waals surface area contributed by atoms with Crippen LogP contribution in [-0.4, -0.2) is 32.5 Å². The second-order valence-corrected chi connectivity index (χ2v) is 6.14. The molecule has 2 rings (SSSR count). The summed E-state index contributed by atoms with van der Waals surface area (Å²) < 4.78 is 32.4. The molecular weight excluding hydrogens is 306 g/mol. The van der Waals surface area contributed by atoms with Crippen molar-refractivity contribution in [3.63, 3.8) is 0 Å². The minimum absolute atomic E-state index is 0.0219. The highest BCUT2D eigenvalue weighted by Crippen LogP contribution is 2.30. The molecule has 2 aromatic carbocycles. The van der Waals surface area contributed by atoms with Gasteiger partial charge in [0.05, 0.1) is 12.2 Å². The third-order valence-corrected chi connectivity index (χ3v) is 4.18. The number of nitrogens with one attached hydrogen (secondary N) is 2. The van der Waals surface area contributed by atoms with Crippen LogP contribution in [0, 0.1) is 0 Å². The van der Waals surface area contributed by atoms with Gasteiger partial charge >= 0.3 is 0 Å². The molecule has 0 heterocycles.